The molecule has 0 radical (unpaired) electrons. The van der Waals surface area contributed by atoms with Crippen molar-refractivity contribution in [2.24, 2.45) is 11.8 Å². The lowest BCUT2D eigenvalue weighted by molar-refractivity contribution is 0.620. The minimum Gasteiger partial charge on any atom is -0.311 e. The number of benzene rings is 4. The van der Waals surface area contributed by atoms with Crippen LogP contribution in [-0.2, 0) is 5.41 Å². The molecular formula is C45H40N2S2. The number of hydrogen-bond acceptors (Lipinski definition) is 4. The molecule has 0 N–H and O–H groups in total. The van der Waals surface area contributed by atoms with E-state index in [1.54, 1.807) is 0 Å². The lowest BCUT2D eigenvalue weighted by Gasteiger charge is -2.31. The lowest BCUT2D eigenvalue weighted by Crippen LogP contribution is -2.28. The third-order valence-electron chi connectivity index (χ3n) is 10.6. The standard InChI is InChI=1S/C45H40N2S2/c1-30-15-19-33(20-16-30)46(36-24-26-41-38(29-36)45(3)27-8-7-14-43(45)49-41)35-23-25-40-37(28-35)44-39(12-9-13-42(44)48-40)47(32-10-5-4-6-11-32)34-21-17-31(2)18-22-34/h4-15,17,19-31,43H,16,18H2,1-3H3. The molecule has 0 amide bonds. The molecule has 4 aliphatic rings. The molecule has 4 atom stereocenters. The van der Waals surface area contributed by atoms with Gasteiger partial charge in [-0.25, -0.2) is 0 Å². The van der Waals surface area contributed by atoms with Crippen molar-refractivity contribution in [1.29, 1.82) is 0 Å². The van der Waals surface area contributed by atoms with Crippen molar-refractivity contribution in [1.82, 2.24) is 0 Å². The minimum absolute atomic E-state index is 0.00884. The van der Waals surface area contributed by atoms with E-state index in [0.29, 0.717) is 17.1 Å². The normalized spacial score (nSPS) is 23.8. The molecule has 1 aliphatic heterocycles. The molecule has 9 rings (SSSR count). The van der Waals surface area contributed by atoms with Crippen LogP contribution in [0.2, 0.25) is 0 Å². The van der Waals surface area contributed by atoms with Gasteiger partial charge in [-0.3, -0.25) is 0 Å². The average Bonchev–Trinajstić information content (AvgIpc) is 3.65. The van der Waals surface area contributed by atoms with Gasteiger partial charge in [0.05, 0.1) is 5.69 Å². The molecule has 242 valence electrons. The number of allylic oxidation sites excluding steroid dienone is 9. The van der Waals surface area contributed by atoms with Gasteiger partial charge in [-0.15, -0.1) is 23.1 Å². The van der Waals surface area contributed by atoms with E-state index in [9.17, 15) is 0 Å². The SMILES string of the molecule is CC1C=CC(N(c2ccc3c(c2)C2(C)C=CC=CC2S3)c2ccc3sc4cccc(N(C5=CCC(C)C=C5)c5ccccc5)c4c3c2)=CC1. The molecule has 49 heavy (non-hydrogen) atoms. The maximum absolute atomic E-state index is 2.49. The van der Waals surface area contributed by atoms with E-state index in [4.69, 9.17) is 0 Å². The molecule has 4 aromatic carbocycles. The summed E-state index contributed by atoms with van der Waals surface area (Å²) in [5, 5.41) is 3.04. The largest absolute Gasteiger partial charge is 0.311 e. The number of hydrogen-bond donors (Lipinski definition) is 0. The second kappa shape index (κ2) is 12.1. The topological polar surface area (TPSA) is 6.48 Å². The van der Waals surface area contributed by atoms with Crippen molar-refractivity contribution < 1.29 is 0 Å². The Morgan fingerprint density at radius 2 is 1.41 bits per heavy atom. The van der Waals surface area contributed by atoms with Gasteiger partial charge in [0, 0.05) is 64.2 Å². The molecular weight excluding hydrogens is 633 g/mol. The summed E-state index contributed by atoms with van der Waals surface area (Å²) in [6, 6.07) is 31.9. The highest BCUT2D eigenvalue weighted by molar-refractivity contribution is 8.00. The van der Waals surface area contributed by atoms with Crippen molar-refractivity contribution in [2.75, 3.05) is 9.80 Å². The van der Waals surface area contributed by atoms with E-state index in [1.807, 2.05) is 23.1 Å². The van der Waals surface area contributed by atoms with Crippen molar-refractivity contribution in [3.8, 4) is 0 Å². The van der Waals surface area contributed by atoms with Crippen molar-refractivity contribution in [2.45, 2.75) is 49.2 Å². The zero-order valence-electron chi connectivity index (χ0n) is 28.2. The van der Waals surface area contributed by atoms with E-state index >= 15 is 0 Å². The van der Waals surface area contributed by atoms with Crippen LogP contribution >= 0.6 is 23.1 Å². The molecule has 2 nitrogen and oxygen atoms in total. The second-order valence-electron chi connectivity index (χ2n) is 14.1. The maximum atomic E-state index is 2.49. The number of thioether (sulfide) groups is 1. The molecule has 0 saturated carbocycles. The average molecular weight is 673 g/mol. The molecule has 4 heteroatoms. The van der Waals surface area contributed by atoms with Crippen molar-refractivity contribution >= 4 is 66.0 Å². The van der Waals surface area contributed by atoms with Crippen LogP contribution < -0.4 is 9.80 Å². The van der Waals surface area contributed by atoms with Crippen molar-refractivity contribution in [3.63, 3.8) is 0 Å². The summed E-state index contributed by atoms with van der Waals surface area (Å²) in [4.78, 5) is 6.33. The van der Waals surface area contributed by atoms with E-state index in [2.05, 4.69) is 176 Å². The van der Waals surface area contributed by atoms with Gasteiger partial charge in [-0.05, 0) is 103 Å². The van der Waals surface area contributed by atoms with Crippen LogP contribution in [0.1, 0.15) is 39.2 Å². The molecule has 4 unspecified atom stereocenters. The Kier molecular flexibility index (Phi) is 7.55. The fourth-order valence-electron chi connectivity index (χ4n) is 7.77. The van der Waals surface area contributed by atoms with Crippen LogP contribution in [0, 0.1) is 11.8 Å². The number of thiophene rings is 1. The van der Waals surface area contributed by atoms with Gasteiger partial charge < -0.3 is 9.80 Å². The summed E-state index contributed by atoms with van der Waals surface area (Å²) in [6.45, 7) is 6.98. The molecule has 0 spiro atoms. The Morgan fingerprint density at radius 3 is 2.16 bits per heavy atom. The van der Waals surface area contributed by atoms with Gasteiger partial charge in [0.15, 0.2) is 0 Å². The van der Waals surface area contributed by atoms with Gasteiger partial charge in [0.25, 0.3) is 0 Å². The summed E-state index contributed by atoms with van der Waals surface area (Å²) >= 11 is 3.88. The Morgan fingerprint density at radius 1 is 0.673 bits per heavy atom. The summed E-state index contributed by atoms with van der Waals surface area (Å²) in [6.07, 6.45) is 25.4. The summed E-state index contributed by atoms with van der Waals surface area (Å²) < 4.78 is 2.62. The van der Waals surface area contributed by atoms with Gasteiger partial charge in [-0.1, -0.05) is 93.6 Å². The van der Waals surface area contributed by atoms with E-state index in [1.165, 1.54) is 64.8 Å². The van der Waals surface area contributed by atoms with Gasteiger partial charge >= 0.3 is 0 Å². The minimum atomic E-state index is -0.00884. The summed E-state index contributed by atoms with van der Waals surface area (Å²) in [7, 11) is 0. The first-order valence-electron chi connectivity index (χ1n) is 17.5. The van der Waals surface area contributed by atoms with Crippen LogP contribution in [0.25, 0.3) is 20.2 Å². The van der Waals surface area contributed by atoms with Crippen LogP contribution in [0.5, 0.6) is 0 Å². The zero-order chi connectivity index (χ0) is 33.1. The van der Waals surface area contributed by atoms with E-state index in [0.717, 1.165) is 12.8 Å². The number of anilines is 4. The first-order valence-corrected chi connectivity index (χ1v) is 19.2. The Hall–Kier alpha value is -4.51. The lowest BCUT2D eigenvalue weighted by atomic mass is 9.77. The molecule has 0 bridgehead atoms. The maximum Gasteiger partial charge on any atom is 0.0554 e. The fraction of sp³-hybridized carbons (Fsp3) is 0.200. The first kappa shape index (κ1) is 30.5. The van der Waals surface area contributed by atoms with Gasteiger partial charge in [-0.2, -0.15) is 0 Å². The fourth-order valence-corrected chi connectivity index (χ4v) is 10.3. The molecule has 0 saturated heterocycles. The molecule has 3 aliphatic carbocycles. The van der Waals surface area contributed by atoms with Crippen LogP contribution in [0.4, 0.5) is 22.7 Å². The Labute approximate surface area is 298 Å². The zero-order valence-corrected chi connectivity index (χ0v) is 29.8. The highest BCUT2D eigenvalue weighted by Crippen LogP contribution is 2.54. The van der Waals surface area contributed by atoms with Crippen LogP contribution in [0.15, 0.2) is 162 Å². The smallest absolute Gasteiger partial charge is 0.0554 e. The number of rotatable bonds is 6. The van der Waals surface area contributed by atoms with Crippen LogP contribution in [0.3, 0.4) is 0 Å². The van der Waals surface area contributed by atoms with Crippen molar-refractivity contribution in [3.05, 3.63) is 163 Å². The third kappa shape index (κ3) is 5.24. The molecule has 5 aromatic rings. The number of nitrogens with zero attached hydrogens (tertiary/aromatic N) is 2. The van der Waals surface area contributed by atoms with E-state index < -0.39 is 0 Å². The summed E-state index contributed by atoms with van der Waals surface area (Å²) in [5.74, 6) is 1.09. The molecule has 1 aromatic heterocycles. The predicted octanol–water partition coefficient (Wildman–Crippen LogP) is 13.1. The quantitative estimate of drug-likeness (QED) is 0.177. The van der Waals surface area contributed by atoms with E-state index in [-0.39, 0.29) is 5.41 Å². The highest BCUT2D eigenvalue weighted by atomic mass is 32.2. The second-order valence-corrected chi connectivity index (χ2v) is 16.4. The number of fused-ring (bicyclic) bond motifs is 6. The summed E-state index contributed by atoms with van der Waals surface area (Å²) in [5.41, 5.74) is 8.69. The Bertz CT molecular complexity index is 2280. The first-order chi connectivity index (χ1) is 24.0. The van der Waals surface area contributed by atoms with Crippen LogP contribution in [-0.4, -0.2) is 5.25 Å². The molecule has 2 heterocycles. The monoisotopic (exact) mass is 672 g/mol. The highest BCUT2D eigenvalue weighted by Gasteiger charge is 2.42. The predicted molar refractivity (Wildman–Crippen MR) is 214 cm³/mol. The molecule has 0 fully saturated rings. The van der Waals surface area contributed by atoms with Gasteiger partial charge in [0.2, 0.25) is 0 Å². The number of para-hydroxylation sites is 1. The van der Waals surface area contributed by atoms with Gasteiger partial charge in [0.1, 0.15) is 0 Å². The third-order valence-corrected chi connectivity index (χ3v) is 13.2. The Balaban J connectivity index is 1.23.